The molecule has 1 atom stereocenters. The molecule has 248 valence electrons. The van der Waals surface area contributed by atoms with Crippen LogP contribution in [0.2, 0.25) is 10.0 Å². The number of benzene rings is 3. The molecule has 8 rings (SSSR count). The van der Waals surface area contributed by atoms with E-state index in [2.05, 4.69) is 9.55 Å². The second-order valence-corrected chi connectivity index (χ2v) is 13.8. The molecule has 0 bridgehead atoms. The lowest BCUT2D eigenvalue weighted by atomic mass is 9.95. The number of halogens is 2. The van der Waals surface area contributed by atoms with Crippen LogP contribution in [0.15, 0.2) is 54.7 Å². The van der Waals surface area contributed by atoms with Crippen molar-refractivity contribution in [3.8, 4) is 16.9 Å². The van der Waals surface area contributed by atoms with Gasteiger partial charge in [0.2, 0.25) is 0 Å². The van der Waals surface area contributed by atoms with Crippen molar-refractivity contribution >= 4 is 62.6 Å². The van der Waals surface area contributed by atoms with Gasteiger partial charge in [-0.2, -0.15) is 5.10 Å². The monoisotopic (exact) mass is 693 g/mol. The molecule has 0 spiro atoms. The highest BCUT2D eigenvalue weighted by molar-refractivity contribution is 6.35. The number of hydrogen-bond donors (Lipinski definition) is 1. The zero-order valence-corrected chi connectivity index (χ0v) is 29.0. The first-order valence-electron chi connectivity index (χ1n) is 16.3. The highest BCUT2D eigenvalue weighted by atomic mass is 35.5. The normalized spacial score (nSPS) is 15.2. The van der Waals surface area contributed by atoms with Crippen molar-refractivity contribution in [2.75, 3.05) is 18.1 Å². The van der Waals surface area contributed by atoms with Crippen LogP contribution >= 0.6 is 23.2 Å². The molecular weight excluding hydrogens is 661 g/mol. The van der Waals surface area contributed by atoms with Crippen LogP contribution < -0.4 is 9.64 Å². The molecule has 1 amide bonds. The van der Waals surface area contributed by atoms with E-state index in [1.54, 1.807) is 23.2 Å². The second-order valence-electron chi connectivity index (χ2n) is 13.0. The minimum Gasteiger partial charge on any atom is -0.494 e. The van der Waals surface area contributed by atoms with Crippen LogP contribution in [0, 0.1) is 20.8 Å². The van der Waals surface area contributed by atoms with E-state index in [1.807, 2.05) is 62.8 Å². The molecule has 0 unspecified atom stereocenters. The van der Waals surface area contributed by atoms with Gasteiger partial charge in [-0.15, -0.1) is 0 Å². The number of aromatic carboxylic acids is 1. The number of carboxylic acid groups (broad SMARTS) is 1. The zero-order valence-electron chi connectivity index (χ0n) is 27.5. The third kappa shape index (κ3) is 4.82. The number of anilines is 1. The van der Waals surface area contributed by atoms with E-state index in [0.717, 1.165) is 60.9 Å². The lowest BCUT2D eigenvalue weighted by Gasteiger charge is -2.35. The van der Waals surface area contributed by atoms with Crippen molar-refractivity contribution in [1.82, 2.24) is 19.3 Å². The van der Waals surface area contributed by atoms with Gasteiger partial charge < -0.3 is 19.3 Å². The molecule has 2 aliphatic heterocycles. The van der Waals surface area contributed by atoms with Crippen molar-refractivity contribution < 1.29 is 19.4 Å². The van der Waals surface area contributed by atoms with Crippen molar-refractivity contribution in [2.24, 2.45) is 7.05 Å². The summed E-state index contributed by atoms with van der Waals surface area (Å²) >= 11 is 13.4. The van der Waals surface area contributed by atoms with Gasteiger partial charge in [0.05, 0.1) is 45.6 Å². The average molecular weight is 695 g/mol. The van der Waals surface area contributed by atoms with Crippen LogP contribution in [-0.2, 0) is 19.9 Å². The number of ether oxygens (including phenoxy) is 1. The number of amides is 1. The average Bonchev–Trinajstić information content (AvgIpc) is 3.50. The van der Waals surface area contributed by atoms with Gasteiger partial charge >= 0.3 is 5.97 Å². The van der Waals surface area contributed by atoms with Crippen molar-refractivity contribution in [1.29, 1.82) is 0 Å². The number of carboxylic acids is 1. The fourth-order valence-electron chi connectivity index (χ4n) is 7.76. The van der Waals surface area contributed by atoms with E-state index in [9.17, 15) is 14.7 Å². The molecular formula is C38H33Cl2N5O4. The van der Waals surface area contributed by atoms with Crippen molar-refractivity contribution in [3.05, 3.63) is 104 Å². The number of fused-ring (bicyclic) bond motifs is 3. The van der Waals surface area contributed by atoms with Gasteiger partial charge in [-0.25, -0.2) is 4.79 Å². The van der Waals surface area contributed by atoms with Crippen LogP contribution in [0.1, 0.15) is 61.4 Å². The SMILES string of the molecule is Cc1cc(OCCCc2c3n4c5c(c(Cl)ccc25)-c2c(nn(C)c2C)C[C@@H]4CN(c2ccc(C(=O)O)c4ncccc24)C3=O)cc(C)c1Cl. The number of aromatic nitrogens is 4. The first-order valence-corrected chi connectivity index (χ1v) is 17.0. The molecule has 11 heteroatoms. The Morgan fingerprint density at radius 1 is 1.04 bits per heavy atom. The molecule has 0 aliphatic carbocycles. The second kappa shape index (κ2) is 11.6. The number of carbonyl (C=O) groups excluding carboxylic acids is 1. The summed E-state index contributed by atoms with van der Waals surface area (Å²) in [5, 5.41) is 17.8. The van der Waals surface area contributed by atoms with Crippen LogP contribution in [0.5, 0.6) is 5.75 Å². The van der Waals surface area contributed by atoms with Crippen LogP contribution in [0.3, 0.4) is 0 Å². The fourth-order valence-corrected chi connectivity index (χ4v) is 8.12. The molecule has 0 fully saturated rings. The minimum atomic E-state index is -1.07. The lowest BCUT2D eigenvalue weighted by molar-refractivity contribution is 0.0698. The van der Waals surface area contributed by atoms with E-state index < -0.39 is 5.97 Å². The Labute approximate surface area is 292 Å². The minimum absolute atomic E-state index is 0.0899. The van der Waals surface area contributed by atoms with Gasteiger partial charge in [-0.05, 0) is 92.8 Å². The number of hydrogen-bond acceptors (Lipinski definition) is 5. The molecule has 3 aromatic heterocycles. The molecule has 1 N–H and O–H groups in total. The van der Waals surface area contributed by atoms with Crippen LogP contribution in [0.25, 0.3) is 32.9 Å². The van der Waals surface area contributed by atoms with Crippen molar-refractivity contribution in [2.45, 2.75) is 46.1 Å². The Morgan fingerprint density at radius 3 is 2.57 bits per heavy atom. The molecule has 5 heterocycles. The summed E-state index contributed by atoms with van der Waals surface area (Å²) < 4.78 is 10.3. The molecule has 9 nitrogen and oxygen atoms in total. The fraction of sp³-hybridized carbons (Fsp3) is 0.263. The van der Waals surface area contributed by atoms with E-state index in [1.165, 1.54) is 6.07 Å². The van der Waals surface area contributed by atoms with Crippen LogP contribution in [0.4, 0.5) is 5.69 Å². The maximum Gasteiger partial charge on any atom is 0.337 e. The van der Waals surface area contributed by atoms with Crippen LogP contribution in [-0.4, -0.2) is 49.5 Å². The molecule has 0 saturated carbocycles. The maximum atomic E-state index is 14.9. The largest absolute Gasteiger partial charge is 0.494 e. The summed E-state index contributed by atoms with van der Waals surface area (Å²) in [6.45, 7) is 6.80. The third-order valence-corrected chi connectivity index (χ3v) is 10.9. The molecule has 49 heavy (non-hydrogen) atoms. The Hall–Kier alpha value is -4.86. The number of carbonyl (C=O) groups is 2. The van der Waals surface area contributed by atoms with E-state index in [-0.39, 0.29) is 17.5 Å². The first kappa shape index (κ1) is 31.4. The summed E-state index contributed by atoms with van der Waals surface area (Å²) in [5.74, 6) is -0.460. The summed E-state index contributed by atoms with van der Waals surface area (Å²) in [7, 11) is 1.94. The molecule has 0 radical (unpaired) electrons. The first-order chi connectivity index (χ1) is 23.5. The Kier molecular flexibility index (Phi) is 7.46. The quantitative estimate of drug-likeness (QED) is 0.169. The topological polar surface area (TPSA) is 102 Å². The van der Waals surface area contributed by atoms with Gasteiger partial charge in [0, 0.05) is 58.8 Å². The van der Waals surface area contributed by atoms with Gasteiger partial charge in [-0.1, -0.05) is 29.3 Å². The highest BCUT2D eigenvalue weighted by Gasteiger charge is 2.41. The van der Waals surface area contributed by atoms with Gasteiger partial charge in [0.25, 0.3) is 5.91 Å². The highest BCUT2D eigenvalue weighted by Crippen LogP contribution is 2.48. The Balaban J connectivity index is 1.28. The van der Waals surface area contributed by atoms with Gasteiger partial charge in [-0.3, -0.25) is 14.5 Å². The third-order valence-electron chi connectivity index (χ3n) is 10.0. The summed E-state index contributed by atoms with van der Waals surface area (Å²) in [6, 6.07) is 14.5. The summed E-state index contributed by atoms with van der Waals surface area (Å²) in [5.41, 5.74) is 9.32. The van der Waals surface area contributed by atoms with E-state index in [0.29, 0.717) is 59.7 Å². The zero-order chi connectivity index (χ0) is 34.3. The molecule has 3 aromatic carbocycles. The van der Waals surface area contributed by atoms with E-state index in [4.69, 9.17) is 33.0 Å². The Morgan fingerprint density at radius 2 is 1.82 bits per heavy atom. The number of nitrogens with zero attached hydrogens (tertiary/aromatic N) is 5. The number of pyridine rings is 1. The number of rotatable bonds is 7. The predicted molar refractivity (Wildman–Crippen MR) is 192 cm³/mol. The van der Waals surface area contributed by atoms with Gasteiger partial charge in [0.1, 0.15) is 11.4 Å². The molecule has 2 aliphatic rings. The predicted octanol–water partition coefficient (Wildman–Crippen LogP) is 8.29. The van der Waals surface area contributed by atoms with Gasteiger partial charge in [0.15, 0.2) is 0 Å². The van der Waals surface area contributed by atoms with E-state index >= 15 is 0 Å². The maximum absolute atomic E-state index is 14.9. The Bertz CT molecular complexity index is 2370. The molecule has 0 saturated heterocycles. The summed E-state index contributed by atoms with van der Waals surface area (Å²) in [4.78, 5) is 33.2. The standard InChI is InChI=1S/C38H33Cl2N5O4/c1-19-15-23(16-20(2)33(19)40)49-14-6-8-24-25-9-11-28(39)32-31-21(3)43(4)42-29(31)17-22-18-44(37(46)36(24)45(22)35(25)32)30-12-10-27(38(47)48)34-26(30)7-5-13-41-34/h5,7,9-13,15-16,22H,6,8,14,17-18H2,1-4H3,(H,47,48)/t22-/m1/s1. The lowest BCUT2D eigenvalue weighted by Crippen LogP contribution is -2.44. The van der Waals surface area contributed by atoms with Crippen molar-refractivity contribution in [3.63, 3.8) is 0 Å². The molecule has 6 aromatic rings. The smallest absolute Gasteiger partial charge is 0.337 e. The number of aryl methyl sites for hydroxylation is 4. The summed E-state index contributed by atoms with van der Waals surface area (Å²) in [6.07, 6.45) is 3.42.